The summed E-state index contributed by atoms with van der Waals surface area (Å²) >= 11 is 0. The van der Waals surface area contributed by atoms with Gasteiger partial charge in [0.15, 0.2) is 0 Å². The van der Waals surface area contributed by atoms with Gasteiger partial charge in [-0.3, -0.25) is 0 Å². The lowest BCUT2D eigenvalue weighted by Gasteiger charge is -2.08. The molecule has 0 amide bonds. The van der Waals surface area contributed by atoms with E-state index in [0.717, 1.165) is 42.1 Å². The molecule has 24 heavy (non-hydrogen) atoms. The number of aromatic nitrogens is 3. The third-order valence-corrected chi connectivity index (χ3v) is 4.66. The van der Waals surface area contributed by atoms with Crippen LogP contribution in [-0.4, -0.2) is 30.2 Å². The highest BCUT2D eigenvalue weighted by Gasteiger charge is 2.21. The molecular formula is C18H27N5O+2. The second-order valence-corrected chi connectivity index (χ2v) is 6.71. The second kappa shape index (κ2) is 6.65. The molecule has 0 atom stereocenters. The minimum absolute atomic E-state index is 0.670. The zero-order valence-electron chi connectivity index (χ0n) is 15.0. The molecule has 0 radical (unpaired) electrons. The Morgan fingerprint density at radius 1 is 1.33 bits per heavy atom. The Morgan fingerprint density at radius 3 is 2.79 bits per heavy atom. The Morgan fingerprint density at radius 2 is 2.12 bits per heavy atom. The second-order valence-electron chi connectivity index (χ2n) is 6.71. The molecule has 0 fully saturated rings. The minimum Gasteiger partial charge on any atom is -0.467 e. The molecule has 0 bridgehead atoms. The Balaban J connectivity index is 1.98. The van der Waals surface area contributed by atoms with E-state index in [-0.39, 0.29) is 0 Å². The molecule has 0 aliphatic rings. The van der Waals surface area contributed by atoms with E-state index in [4.69, 9.17) is 15.1 Å². The monoisotopic (exact) mass is 329 g/mol. The van der Waals surface area contributed by atoms with Crippen molar-refractivity contribution in [2.75, 3.05) is 26.4 Å². The summed E-state index contributed by atoms with van der Waals surface area (Å²) in [7, 11) is 4.33. The van der Waals surface area contributed by atoms with Crippen molar-refractivity contribution in [2.45, 2.75) is 33.4 Å². The standard InChI is InChI=1S/C18H25N5O/c1-13-14(2)23(11-15-7-5-10-24-15)18-16(13)17(19)22(12-20-18)9-6-8-21(3)4/h5,7,10,12,19H,6,8-9,11H2,1-4H3/p+2. The van der Waals surface area contributed by atoms with E-state index in [1.165, 1.54) is 16.2 Å². The first kappa shape index (κ1) is 16.5. The number of nitrogens with two attached hydrogens (primary N) is 1. The van der Waals surface area contributed by atoms with Crippen molar-refractivity contribution in [3.63, 3.8) is 0 Å². The first-order valence-electron chi connectivity index (χ1n) is 8.43. The lowest BCUT2D eigenvalue weighted by Crippen LogP contribution is -3.05. The van der Waals surface area contributed by atoms with Crippen LogP contribution in [-0.2, 0) is 13.1 Å². The largest absolute Gasteiger partial charge is 0.467 e. The molecule has 3 rings (SSSR count). The number of quaternary nitrogens is 1. The van der Waals surface area contributed by atoms with Crippen molar-refractivity contribution in [3.8, 4) is 0 Å². The zero-order chi connectivity index (χ0) is 17.3. The van der Waals surface area contributed by atoms with Gasteiger partial charge in [-0.1, -0.05) is 4.98 Å². The third-order valence-electron chi connectivity index (χ3n) is 4.66. The first-order valence-corrected chi connectivity index (χ1v) is 8.43. The maximum atomic E-state index is 6.47. The summed E-state index contributed by atoms with van der Waals surface area (Å²) < 4.78 is 9.73. The van der Waals surface area contributed by atoms with Gasteiger partial charge < -0.3 is 19.6 Å². The fourth-order valence-corrected chi connectivity index (χ4v) is 3.15. The molecule has 6 heteroatoms. The molecule has 0 saturated carbocycles. The van der Waals surface area contributed by atoms with E-state index < -0.39 is 0 Å². The van der Waals surface area contributed by atoms with E-state index in [9.17, 15) is 0 Å². The smallest absolute Gasteiger partial charge is 0.232 e. The molecule has 0 aliphatic heterocycles. The van der Waals surface area contributed by atoms with E-state index >= 15 is 0 Å². The van der Waals surface area contributed by atoms with Crippen LogP contribution in [0.1, 0.15) is 23.4 Å². The van der Waals surface area contributed by atoms with E-state index in [1.54, 1.807) is 6.26 Å². The number of aryl methyl sites for hydroxylation is 2. The van der Waals surface area contributed by atoms with Gasteiger partial charge in [-0.25, -0.2) is 4.57 Å². The number of nitrogens with zero attached hydrogens (tertiary/aromatic N) is 3. The minimum atomic E-state index is 0.670. The predicted octanol–water partition coefficient (Wildman–Crippen LogP) is 0.699. The number of furan rings is 1. The number of anilines is 1. The number of nitrogen functional groups attached to an aromatic ring is 1. The van der Waals surface area contributed by atoms with Crippen LogP contribution in [0.5, 0.6) is 0 Å². The number of fused-ring (bicyclic) bond motifs is 1. The Labute approximate surface area is 142 Å². The van der Waals surface area contributed by atoms with Gasteiger partial charge in [0.1, 0.15) is 11.1 Å². The van der Waals surface area contributed by atoms with Crippen LogP contribution in [0.2, 0.25) is 0 Å². The number of hydrogen-bond acceptors (Lipinski definition) is 3. The van der Waals surface area contributed by atoms with Gasteiger partial charge in [-0.2, -0.15) is 0 Å². The van der Waals surface area contributed by atoms with E-state index in [2.05, 4.69) is 37.1 Å². The van der Waals surface area contributed by atoms with Crippen molar-refractivity contribution >= 4 is 16.9 Å². The molecular weight excluding hydrogens is 302 g/mol. The van der Waals surface area contributed by atoms with Crippen LogP contribution in [0.4, 0.5) is 5.82 Å². The average Bonchev–Trinajstić information content (AvgIpc) is 3.13. The molecule has 128 valence electrons. The summed E-state index contributed by atoms with van der Waals surface area (Å²) in [6.07, 6.45) is 4.64. The van der Waals surface area contributed by atoms with Crippen LogP contribution in [0, 0.1) is 13.8 Å². The SMILES string of the molecule is Cc1c(C)n(Cc2ccco2)c2nc[n+](CCC[NH+](C)C)c(N)c12. The zero-order valence-corrected chi connectivity index (χ0v) is 15.0. The van der Waals surface area contributed by atoms with Gasteiger partial charge in [0.25, 0.3) is 0 Å². The van der Waals surface area contributed by atoms with E-state index in [1.807, 2.05) is 18.5 Å². The topological polar surface area (TPSA) is 65.3 Å². The van der Waals surface area contributed by atoms with Crippen molar-refractivity contribution in [3.05, 3.63) is 41.7 Å². The van der Waals surface area contributed by atoms with Gasteiger partial charge in [-0.05, 0) is 31.5 Å². The molecule has 6 nitrogen and oxygen atoms in total. The third kappa shape index (κ3) is 3.01. The summed E-state index contributed by atoms with van der Waals surface area (Å²) in [6, 6.07) is 3.89. The maximum Gasteiger partial charge on any atom is 0.232 e. The highest BCUT2D eigenvalue weighted by atomic mass is 16.3. The van der Waals surface area contributed by atoms with Gasteiger partial charge in [0.2, 0.25) is 17.8 Å². The summed E-state index contributed by atoms with van der Waals surface area (Å²) in [6.45, 7) is 6.90. The van der Waals surface area contributed by atoms with Crippen molar-refractivity contribution in [1.82, 2.24) is 9.55 Å². The Kier molecular flexibility index (Phi) is 4.57. The quantitative estimate of drug-likeness (QED) is 0.654. The highest BCUT2D eigenvalue weighted by molar-refractivity contribution is 5.89. The Hall–Kier alpha value is -2.34. The molecule has 3 aromatic rings. The Bertz CT molecular complexity index is 833. The molecule has 0 aromatic carbocycles. The summed E-state index contributed by atoms with van der Waals surface area (Å²) in [5.74, 6) is 1.72. The number of rotatable bonds is 6. The number of nitrogens with one attached hydrogen (secondary N) is 1. The van der Waals surface area contributed by atoms with Crippen LogP contribution in [0.25, 0.3) is 11.0 Å². The van der Waals surface area contributed by atoms with Gasteiger partial charge in [-0.15, -0.1) is 0 Å². The van der Waals surface area contributed by atoms with E-state index in [0.29, 0.717) is 6.54 Å². The van der Waals surface area contributed by atoms with Crippen LogP contribution in [0.15, 0.2) is 29.1 Å². The van der Waals surface area contributed by atoms with Gasteiger partial charge in [0.05, 0.1) is 40.0 Å². The predicted molar refractivity (Wildman–Crippen MR) is 93.9 cm³/mol. The first-order chi connectivity index (χ1) is 11.5. The van der Waals surface area contributed by atoms with Crippen LogP contribution >= 0.6 is 0 Å². The summed E-state index contributed by atoms with van der Waals surface area (Å²) in [5.41, 5.74) is 9.76. The molecule has 3 N–H and O–H groups in total. The normalized spacial score (nSPS) is 11.7. The van der Waals surface area contributed by atoms with Crippen molar-refractivity contribution in [2.24, 2.45) is 0 Å². The fraction of sp³-hybridized carbons (Fsp3) is 0.444. The van der Waals surface area contributed by atoms with Gasteiger partial charge in [0, 0.05) is 12.1 Å². The number of hydrogen-bond donors (Lipinski definition) is 2. The summed E-state index contributed by atoms with van der Waals surface area (Å²) in [5, 5.41) is 1.05. The van der Waals surface area contributed by atoms with Crippen molar-refractivity contribution in [1.29, 1.82) is 0 Å². The molecule has 0 aliphatic carbocycles. The lowest BCUT2D eigenvalue weighted by molar-refractivity contribution is -0.861. The molecule has 3 heterocycles. The molecule has 0 spiro atoms. The molecule has 0 saturated heterocycles. The van der Waals surface area contributed by atoms with Crippen LogP contribution in [0.3, 0.4) is 0 Å². The molecule has 0 unspecified atom stereocenters. The highest BCUT2D eigenvalue weighted by Crippen LogP contribution is 2.27. The van der Waals surface area contributed by atoms with Crippen molar-refractivity contribution < 1.29 is 13.9 Å². The lowest BCUT2D eigenvalue weighted by atomic mass is 10.2. The summed E-state index contributed by atoms with van der Waals surface area (Å²) in [4.78, 5) is 6.14. The molecule has 3 aromatic heterocycles. The van der Waals surface area contributed by atoms with Crippen LogP contribution < -0.4 is 15.2 Å². The van der Waals surface area contributed by atoms with Gasteiger partial charge >= 0.3 is 0 Å². The maximum absolute atomic E-state index is 6.47. The average molecular weight is 329 g/mol. The fourth-order valence-electron chi connectivity index (χ4n) is 3.15.